The molecule has 1 atom stereocenters. The summed E-state index contributed by atoms with van der Waals surface area (Å²) in [6.07, 6.45) is 6.57. The van der Waals surface area contributed by atoms with Gasteiger partial charge in [0, 0.05) is 13.1 Å². The lowest BCUT2D eigenvalue weighted by Gasteiger charge is -2.23. The third-order valence-corrected chi connectivity index (χ3v) is 5.18. The van der Waals surface area contributed by atoms with Gasteiger partial charge in [-0.2, -0.15) is 0 Å². The summed E-state index contributed by atoms with van der Waals surface area (Å²) >= 11 is 1.51. The van der Waals surface area contributed by atoms with Crippen LogP contribution in [0.15, 0.2) is 41.7 Å². The van der Waals surface area contributed by atoms with Crippen molar-refractivity contribution < 1.29 is 4.79 Å². The van der Waals surface area contributed by atoms with E-state index < -0.39 is 0 Å². The lowest BCUT2D eigenvalue weighted by atomic mass is 10.2. The number of likely N-dealkylation sites (tertiary alicyclic amines) is 1. The number of hydrogen-bond donors (Lipinski definition) is 1. The Balaban J connectivity index is 1.62. The average molecular weight is 329 g/mol. The van der Waals surface area contributed by atoms with Crippen LogP contribution in [0, 0.1) is 0 Å². The van der Waals surface area contributed by atoms with E-state index >= 15 is 0 Å². The van der Waals surface area contributed by atoms with Gasteiger partial charge in [0.25, 0.3) is 0 Å². The number of rotatable bonds is 4. The fraction of sp³-hybridized carbons (Fsp3) is 0.444. The molecule has 1 aromatic heterocycles. The summed E-state index contributed by atoms with van der Waals surface area (Å²) in [5.41, 5.74) is 2.10. The minimum Gasteiger partial charge on any atom is -0.342 e. The van der Waals surface area contributed by atoms with Gasteiger partial charge in [0.15, 0.2) is 5.16 Å². The largest absolute Gasteiger partial charge is 0.342 e. The van der Waals surface area contributed by atoms with Crippen molar-refractivity contribution in [2.45, 2.75) is 43.0 Å². The van der Waals surface area contributed by atoms with E-state index in [1.165, 1.54) is 24.6 Å². The normalized spacial score (nSPS) is 16.8. The highest BCUT2D eigenvalue weighted by Crippen LogP contribution is 2.25. The molecule has 0 saturated carbocycles. The van der Waals surface area contributed by atoms with Crippen LogP contribution in [-0.2, 0) is 4.79 Å². The van der Waals surface area contributed by atoms with E-state index in [2.05, 4.69) is 9.97 Å². The number of amides is 1. The monoisotopic (exact) mass is 329 g/mol. The number of nitrogens with one attached hydrogen (secondary N) is 1. The number of aromatic amines is 1. The number of benzene rings is 1. The Kier molecular flexibility index (Phi) is 5.39. The zero-order valence-electron chi connectivity index (χ0n) is 13.5. The van der Waals surface area contributed by atoms with Crippen LogP contribution >= 0.6 is 11.8 Å². The molecule has 0 bridgehead atoms. The van der Waals surface area contributed by atoms with Crippen molar-refractivity contribution in [3.05, 3.63) is 36.5 Å². The van der Waals surface area contributed by atoms with E-state index in [0.717, 1.165) is 42.3 Å². The smallest absolute Gasteiger partial charge is 0.235 e. The summed E-state index contributed by atoms with van der Waals surface area (Å²) in [6, 6.07) is 10.1. The van der Waals surface area contributed by atoms with E-state index in [0.29, 0.717) is 0 Å². The highest BCUT2D eigenvalue weighted by molar-refractivity contribution is 8.00. The molecule has 23 heavy (non-hydrogen) atoms. The summed E-state index contributed by atoms with van der Waals surface area (Å²) < 4.78 is 0. The zero-order valence-corrected chi connectivity index (χ0v) is 14.3. The number of carbonyl (C=O) groups excluding carboxylic acids is 1. The van der Waals surface area contributed by atoms with E-state index in [1.807, 2.05) is 48.4 Å². The van der Waals surface area contributed by atoms with E-state index in [9.17, 15) is 4.79 Å². The molecule has 0 radical (unpaired) electrons. The predicted octanol–water partition coefficient (Wildman–Crippen LogP) is 3.96. The SMILES string of the molecule is CC(Sc1ncc(-c2ccccc2)[nH]1)C(=O)N1CCCCCC1. The molecule has 1 aliphatic heterocycles. The number of nitrogens with zero attached hydrogens (tertiary/aromatic N) is 2. The molecule has 1 saturated heterocycles. The van der Waals surface area contributed by atoms with Crippen molar-refractivity contribution in [3.8, 4) is 11.3 Å². The number of hydrogen-bond acceptors (Lipinski definition) is 3. The Bertz CT molecular complexity index is 633. The molecule has 2 heterocycles. The molecule has 5 heteroatoms. The van der Waals surface area contributed by atoms with Gasteiger partial charge in [-0.15, -0.1) is 0 Å². The van der Waals surface area contributed by atoms with Crippen molar-refractivity contribution in [2.24, 2.45) is 0 Å². The van der Waals surface area contributed by atoms with Crippen molar-refractivity contribution in [1.82, 2.24) is 14.9 Å². The molecule has 122 valence electrons. The minimum atomic E-state index is -0.108. The maximum absolute atomic E-state index is 12.6. The second-order valence-corrected chi connectivity index (χ2v) is 7.30. The van der Waals surface area contributed by atoms with Crippen LogP contribution < -0.4 is 0 Å². The molecule has 1 unspecified atom stereocenters. The first-order valence-corrected chi connectivity index (χ1v) is 9.18. The first-order valence-electron chi connectivity index (χ1n) is 8.30. The minimum absolute atomic E-state index is 0.108. The highest BCUT2D eigenvalue weighted by Gasteiger charge is 2.23. The quantitative estimate of drug-likeness (QED) is 0.864. The number of aromatic nitrogens is 2. The first-order chi connectivity index (χ1) is 11.2. The Labute approximate surface area is 141 Å². The van der Waals surface area contributed by atoms with E-state index in [4.69, 9.17) is 0 Å². The summed E-state index contributed by atoms with van der Waals surface area (Å²) in [6.45, 7) is 3.77. The average Bonchev–Trinajstić information content (AvgIpc) is 2.88. The summed E-state index contributed by atoms with van der Waals surface area (Å²) in [5, 5.41) is 0.697. The lowest BCUT2D eigenvalue weighted by molar-refractivity contribution is -0.130. The third-order valence-electron chi connectivity index (χ3n) is 4.19. The van der Waals surface area contributed by atoms with Gasteiger partial charge in [-0.3, -0.25) is 4.79 Å². The summed E-state index contributed by atoms with van der Waals surface area (Å²) in [4.78, 5) is 22.3. The summed E-state index contributed by atoms with van der Waals surface area (Å²) in [7, 11) is 0. The van der Waals surface area contributed by atoms with Crippen LogP contribution in [0.1, 0.15) is 32.6 Å². The number of H-pyrrole nitrogens is 1. The van der Waals surface area contributed by atoms with Gasteiger partial charge >= 0.3 is 0 Å². The second kappa shape index (κ2) is 7.68. The molecule has 1 aromatic carbocycles. The molecule has 1 N–H and O–H groups in total. The van der Waals surface area contributed by atoms with Gasteiger partial charge in [0.2, 0.25) is 5.91 Å². The number of thioether (sulfide) groups is 1. The Hall–Kier alpha value is -1.75. The lowest BCUT2D eigenvalue weighted by Crippen LogP contribution is -2.37. The van der Waals surface area contributed by atoms with Gasteiger partial charge < -0.3 is 9.88 Å². The van der Waals surface area contributed by atoms with Crippen LogP contribution in [0.3, 0.4) is 0 Å². The van der Waals surface area contributed by atoms with Crippen molar-refractivity contribution >= 4 is 17.7 Å². The number of imidazole rings is 1. The van der Waals surface area contributed by atoms with Gasteiger partial charge in [-0.05, 0) is 25.3 Å². The van der Waals surface area contributed by atoms with Crippen molar-refractivity contribution in [1.29, 1.82) is 0 Å². The highest BCUT2D eigenvalue weighted by atomic mass is 32.2. The Morgan fingerprint density at radius 1 is 1.17 bits per heavy atom. The summed E-state index contributed by atoms with van der Waals surface area (Å²) in [5.74, 6) is 0.231. The van der Waals surface area contributed by atoms with Gasteiger partial charge in [0.1, 0.15) is 0 Å². The van der Waals surface area contributed by atoms with Gasteiger partial charge in [-0.25, -0.2) is 4.98 Å². The molecule has 0 spiro atoms. The second-order valence-electron chi connectivity index (χ2n) is 5.97. The third kappa shape index (κ3) is 4.16. The van der Waals surface area contributed by atoms with Crippen LogP contribution in [-0.4, -0.2) is 39.1 Å². The van der Waals surface area contributed by atoms with Gasteiger partial charge in [0.05, 0.1) is 17.1 Å². The van der Waals surface area contributed by atoms with Crippen molar-refractivity contribution in [3.63, 3.8) is 0 Å². The standard InChI is InChI=1S/C18H23N3OS/c1-14(17(22)21-11-7-2-3-8-12-21)23-18-19-13-16(20-18)15-9-5-4-6-10-15/h4-6,9-10,13-14H,2-3,7-8,11-12H2,1H3,(H,19,20). The first kappa shape index (κ1) is 16.1. The van der Waals surface area contributed by atoms with E-state index in [1.54, 1.807) is 0 Å². The maximum atomic E-state index is 12.6. The molecule has 3 rings (SSSR count). The molecular weight excluding hydrogens is 306 g/mol. The molecule has 1 fully saturated rings. The molecule has 1 aliphatic rings. The van der Waals surface area contributed by atoms with E-state index in [-0.39, 0.29) is 11.2 Å². The van der Waals surface area contributed by atoms with Crippen LogP contribution in [0.4, 0.5) is 0 Å². The predicted molar refractivity (Wildman–Crippen MR) is 94.4 cm³/mol. The Morgan fingerprint density at radius 3 is 2.57 bits per heavy atom. The molecule has 0 aliphatic carbocycles. The molecular formula is C18H23N3OS. The van der Waals surface area contributed by atoms with Crippen LogP contribution in [0.5, 0.6) is 0 Å². The van der Waals surface area contributed by atoms with Crippen LogP contribution in [0.25, 0.3) is 11.3 Å². The molecule has 1 amide bonds. The Morgan fingerprint density at radius 2 is 1.87 bits per heavy atom. The van der Waals surface area contributed by atoms with Gasteiger partial charge in [-0.1, -0.05) is 54.9 Å². The zero-order chi connectivity index (χ0) is 16.1. The topological polar surface area (TPSA) is 49.0 Å². The number of carbonyl (C=O) groups is 1. The molecule has 2 aromatic rings. The maximum Gasteiger partial charge on any atom is 0.235 e. The molecule has 4 nitrogen and oxygen atoms in total. The fourth-order valence-corrected chi connectivity index (χ4v) is 3.76. The van der Waals surface area contributed by atoms with Crippen LogP contribution in [0.2, 0.25) is 0 Å². The van der Waals surface area contributed by atoms with Crippen molar-refractivity contribution in [2.75, 3.05) is 13.1 Å². The fourth-order valence-electron chi connectivity index (χ4n) is 2.89.